The summed E-state index contributed by atoms with van der Waals surface area (Å²) >= 11 is 0. The maximum absolute atomic E-state index is 13.3. The lowest BCUT2D eigenvalue weighted by molar-refractivity contribution is -0.139. The van der Waals surface area contributed by atoms with Gasteiger partial charge in [0, 0.05) is 6.42 Å². The number of carbonyl (C=O) groups is 2. The third-order valence-electron chi connectivity index (χ3n) is 2.92. The Morgan fingerprint density at radius 3 is 2.36 bits per heavy atom. The van der Waals surface area contributed by atoms with Crippen molar-refractivity contribution in [2.24, 2.45) is 0 Å². The van der Waals surface area contributed by atoms with Crippen LogP contribution in [0, 0.1) is 0 Å². The van der Waals surface area contributed by atoms with Crippen molar-refractivity contribution in [3.8, 4) is 5.75 Å². The Morgan fingerprint density at radius 2 is 1.92 bits per heavy atom. The van der Waals surface area contributed by atoms with Crippen LogP contribution in [-0.2, 0) is 26.2 Å². The smallest absolute Gasteiger partial charge is 0.408 e. The molecule has 2 N–H and O–H groups in total. The Balaban J connectivity index is 3.03. The first-order valence-corrected chi connectivity index (χ1v) is 8.55. The molecule has 0 spiro atoms. The minimum atomic E-state index is -5.06. The summed E-state index contributed by atoms with van der Waals surface area (Å²) in [5, 5.41) is 11.4. The van der Waals surface area contributed by atoms with Crippen molar-refractivity contribution < 1.29 is 36.5 Å². The van der Waals surface area contributed by atoms with Gasteiger partial charge in [-0.05, 0) is 38.5 Å². The van der Waals surface area contributed by atoms with Gasteiger partial charge in [0.05, 0.1) is 7.11 Å². The van der Waals surface area contributed by atoms with Crippen LogP contribution in [0.3, 0.4) is 0 Å². The number of methoxy groups -OCH3 is 1. The third-order valence-corrected chi connectivity index (χ3v) is 3.76. The maximum atomic E-state index is 13.3. The van der Waals surface area contributed by atoms with E-state index < -0.39 is 38.8 Å². The average Bonchev–Trinajstić information content (AvgIpc) is 2.43. The summed E-state index contributed by atoms with van der Waals surface area (Å²) in [6.45, 7) is 4.85. The number of rotatable bonds is 6. The molecule has 1 unspecified atom stereocenters. The standard InChI is InChI=1S/C15H20FNO7S/c1-15(2,3)24-14(20)17-10(13(18)19)7-9-5-6-11(23-4)12(8-9)25(16,21)22/h5-6,8,10H,7H2,1-4H3,(H,17,20)(H,18,19). The minimum Gasteiger partial charge on any atom is -0.495 e. The SMILES string of the molecule is COc1ccc(CC(NC(=O)OC(C)(C)C)C(=O)O)cc1S(=O)(=O)F. The van der Waals surface area contributed by atoms with E-state index in [0.29, 0.717) is 0 Å². The van der Waals surface area contributed by atoms with Gasteiger partial charge in [-0.3, -0.25) is 0 Å². The van der Waals surface area contributed by atoms with Gasteiger partial charge in [-0.25, -0.2) is 9.59 Å². The first-order chi connectivity index (χ1) is 11.3. The average molecular weight is 377 g/mol. The molecule has 1 rings (SSSR count). The van der Waals surface area contributed by atoms with Gasteiger partial charge in [0.1, 0.15) is 22.3 Å². The molecule has 0 aliphatic heterocycles. The Hall–Kier alpha value is -2.36. The normalized spacial score (nSPS) is 13.0. The summed E-state index contributed by atoms with van der Waals surface area (Å²) in [4.78, 5) is 22.3. The van der Waals surface area contributed by atoms with E-state index in [1.807, 2.05) is 0 Å². The summed E-state index contributed by atoms with van der Waals surface area (Å²) < 4.78 is 45.4. The predicted molar refractivity (Wildman–Crippen MR) is 85.8 cm³/mol. The zero-order valence-electron chi connectivity index (χ0n) is 14.2. The quantitative estimate of drug-likeness (QED) is 0.726. The third kappa shape index (κ3) is 6.57. The molecule has 0 fully saturated rings. The van der Waals surface area contributed by atoms with Gasteiger partial charge < -0.3 is 19.9 Å². The predicted octanol–water partition coefficient (Wildman–Crippen LogP) is 1.87. The topological polar surface area (TPSA) is 119 Å². The first-order valence-electron chi connectivity index (χ1n) is 7.17. The molecule has 1 atom stereocenters. The van der Waals surface area contributed by atoms with E-state index in [2.05, 4.69) is 5.32 Å². The molecule has 0 heterocycles. The summed E-state index contributed by atoms with van der Waals surface area (Å²) in [7, 11) is -3.88. The molecule has 1 amide bonds. The van der Waals surface area contributed by atoms with E-state index in [1.54, 1.807) is 20.8 Å². The zero-order valence-corrected chi connectivity index (χ0v) is 15.0. The highest BCUT2D eigenvalue weighted by molar-refractivity contribution is 7.86. The number of carboxylic acids is 1. The van der Waals surface area contributed by atoms with Gasteiger partial charge in [0.15, 0.2) is 0 Å². The molecule has 10 heteroatoms. The van der Waals surface area contributed by atoms with Crippen LogP contribution < -0.4 is 10.1 Å². The number of alkyl carbamates (subject to hydrolysis) is 1. The second-order valence-corrected chi connectivity index (χ2v) is 7.48. The van der Waals surface area contributed by atoms with Crippen LogP contribution in [0.4, 0.5) is 8.68 Å². The molecule has 8 nitrogen and oxygen atoms in total. The summed E-state index contributed by atoms with van der Waals surface area (Å²) in [6, 6.07) is 2.15. The monoisotopic (exact) mass is 377 g/mol. The molecular weight excluding hydrogens is 357 g/mol. The first kappa shape index (κ1) is 20.7. The highest BCUT2D eigenvalue weighted by Gasteiger charge is 2.26. The van der Waals surface area contributed by atoms with Crippen molar-refractivity contribution in [2.75, 3.05) is 7.11 Å². The zero-order chi connectivity index (χ0) is 19.4. The highest BCUT2D eigenvalue weighted by Crippen LogP contribution is 2.27. The Bertz CT molecular complexity index is 756. The van der Waals surface area contributed by atoms with Crippen molar-refractivity contribution in [1.29, 1.82) is 0 Å². The fourth-order valence-electron chi connectivity index (χ4n) is 1.92. The van der Waals surface area contributed by atoms with E-state index in [-0.39, 0.29) is 17.7 Å². The number of nitrogens with one attached hydrogen (secondary N) is 1. The summed E-state index contributed by atoms with van der Waals surface area (Å²) in [5.41, 5.74) is -0.636. The van der Waals surface area contributed by atoms with Gasteiger partial charge in [-0.1, -0.05) is 6.07 Å². The Kier molecular flexibility index (Phi) is 6.36. The highest BCUT2D eigenvalue weighted by atomic mass is 32.3. The molecule has 25 heavy (non-hydrogen) atoms. The fourth-order valence-corrected chi connectivity index (χ4v) is 2.61. The van der Waals surface area contributed by atoms with E-state index in [0.717, 1.165) is 6.07 Å². The van der Waals surface area contributed by atoms with E-state index in [4.69, 9.17) is 9.47 Å². The lowest BCUT2D eigenvalue weighted by Gasteiger charge is -2.22. The number of ether oxygens (including phenoxy) is 2. The van der Waals surface area contributed by atoms with E-state index >= 15 is 0 Å². The molecule has 1 aromatic carbocycles. The fraction of sp³-hybridized carbons (Fsp3) is 0.467. The van der Waals surface area contributed by atoms with Crippen LogP contribution in [0.2, 0.25) is 0 Å². The van der Waals surface area contributed by atoms with Crippen LogP contribution in [0.15, 0.2) is 23.1 Å². The van der Waals surface area contributed by atoms with Gasteiger partial charge in [0.25, 0.3) is 0 Å². The van der Waals surface area contributed by atoms with Crippen molar-refractivity contribution in [3.63, 3.8) is 0 Å². The van der Waals surface area contributed by atoms with Crippen LogP contribution in [0.5, 0.6) is 5.75 Å². The molecule has 0 aliphatic carbocycles. The number of hydrogen-bond donors (Lipinski definition) is 2. The summed E-state index contributed by atoms with van der Waals surface area (Å²) in [6.07, 6.45) is -1.21. The minimum absolute atomic E-state index is 0.181. The Labute approximate surface area is 145 Å². The molecule has 0 bridgehead atoms. The lowest BCUT2D eigenvalue weighted by Crippen LogP contribution is -2.44. The number of hydrogen-bond acceptors (Lipinski definition) is 6. The largest absolute Gasteiger partial charge is 0.495 e. The molecule has 1 aromatic rings. The number of amides is 1. The number of carboxylic acid groups (broad SMARTS) is 1. The van der Waals surface area contributed by atoms with Crippen molar-refractivity contribution in [1.82, 2.24) is 5.32 Å². The lowest BCUT2D eigenvalue weighted by atomic mass is 10.1. The number of halogens is 1. The van der Waals surface area contributed by atoms with Crippen molar-refractivity contribution in [3.05, 3.63) is 23.8 Å². The van der Waals surface area contributed by atoms with Gasteiger partial charge in [0.2, 0.25) is 0 Å². The number of aliphatic carboxylic acids is 1. The molecule has 0 radical (unpaired) electrons. The molecule has 0 saturated heterocycles. The molecular formula is C15H20FNO7S. The van der Waals surface area contributed by atoms with Crippen LogP contribution in [0.1, 0.15) is 26.3 Å². The number of carbonyl (C=O) groups excluding carboxylic acids is 1. The van der Waals surface area contributed by atoms with Crippen LogP contribution in [0.25, 0.3) is 0 Å². The Morgan fingerprint density at radius 1 is 1.32 bits per heavy atom. The van der Waals surface area contributed by atoms with Crippen LogP contribution >= 0.6 is 0 Å². The van der Waals surface area contributed by atoms with Crippen molar-refractivity contribution in [2.45, 2.75) is 43.7 Å². The van der Waals surface area contributed by atoms with Crippen LogP contribution in [-0.4, -0.2) is 44.3 Å². The molecule has 0 aromatic heterocycles. The second kappa shape index (κ2) is 7.68. The van der Waals surface area contributed by atoms with Gasteiger partial charge >= 0.3 is 22.3 Å². The molecule has 0 aliphatic rings. The summed E-state index contributed by atoms with van der Waals surface area (Å²) in [5.74, 6) is -1.57. The van der Waals surface area contributed by atoms with E-state index in [1.165, 1.54) is 19.2 Å². The van der Waals surface area contributed by atoms with Gasteiger partial charge in [-0.15, -0.1) is 3.89 Å². The molecule has 0 saturated carbocycles. The number of benzene rings is 1. The second-order valence-electron chi connectivity index (χ2n) is 6.16. The van der Waals surface area contributed by atoms with E-state index in [9.17, 15) is 27.0 Å². The van der Waals surface area contributed by atoms with Gasteiger partial charge in [-0.2, -0.15) is 8.42 Å². The molecule has 140 valence electrons. The maximum Gasteiger partial charge on any atom is 0.408 e. The van der Waals surface area contributed by atoms with Crippen molar-refractivity contribution >= 4 is 22.3 Å².